The van der Waals surface area contributed by atoms with Crippen LogP contribution in [0.3, 0.4) is 0 Å². The molecular weight excluding hydrogens is 298 g/mol. The number of esters is 1. The Morgan fingerprint density at radius 2 is 2.19 bits per heavy atom. The second-order valence-corrected chi connectivity index (χ2v) is 6.39. The van der Waals surface area contributed by atoms with E-state index in [-0.39, 0.29) is 11.5 Å². The Morgan fingerprint density at radius 3 is 2.81 bits per heavy atom. The van der Waals surface area contributed by atoms with Crippen molar-refractivity contribution in [3.63, 3.8) is 0 Å². The van der Waals surface area contributed by atoms with E-state index in [1.165, 1.54) is 12.0 Å². The minimum absolute atomic E-state index is 0.0462. The zero-order valence-corrected chi connectivity index (χ0v) is 13.1. The Hall–Kier alpha value is -1.41. The van der Waals surface area contributed by atoms with E-state index in [9.17, 15) is 13.8 Å². The number of carbonyl (C=O) groups excluding carboxylic acids is 2. The summed E-state index contributed by atoms with van der Waals surface area (Å²) in [7, 11) is -1.54. The molecule has 3 atom stereocenters. The van der Waals surface area contributed by atoms with Crippen LogP contribution < -0.4 is 0 Å². The van der Waals surface area contributed by atoms with Gasteiger partial charge in [0.05, 0.1) is 28.4 Å². The first-order valence-electron chi connectivity index (χ1n) is 6.85. The lowest BCUT2D eigenvalue weighted by molar-refractivity contribution is -0.233. The van der Waals surface area contributed by atoms with Gasteiger partial charge in [-0.25, -0.2) is 4.79 Å². The average Bonchev–Trinajstić information content (AvgIpc) is 2.44. The number of allylic oxidation sites excluding steroid dienone is 1. The molecule has 1 unspecified atom stereocenters. The van der Waals surface area contributed by atoms with Gasteiger partial charge in [-0.05, 0) is 26.7 Å². The number of hydroxylamine groups is 2. The lowest BCUT2D eigenvalue weighted by atomic mass is 10.1. The maximum absolute atomic E-state index is 12.6. The van der Waals surface area contributed by atoms with E-state index in [0.29, 0.717) is 18.7 Å². The van der Waals surface area contributed by atoms with Gasteiger partial charge in [-0.15, -0.1) is 0 Å². The van der Waals surface area contributed by atoms with Gasteiger partial charge in [0.1, 0.15) is 4.91 Å². The zero-order valence-electron chi connectivity index (χ0n) is 12.3. The summed E-state index contributed by atoms with van der Waals surface area (Å²) >= 11 is 0. The lowest BCUT2D eigenvalue weighted by Gasteiger charge is -2.42. The normalized spacial score (nSPS) is 28.9. The number of carbonyl (C=O) groups is 2. The van der Waals surface area contributed by atoms with Crippen molar-refractivity contribution in [1.29, 1.82) is 0 Å². The van der Waals surface area contributed by atoms with E-state index in [2.05, 4.69) is 0 Å². The molecular formula is C13H19NO6S. The highest BCUT2D eigenvalue weighted by atomic mass is 32.2. The number of rotatable bonds is 3. The summed E-state index contributed by atoms with van der Waals surface area (Å²) in [6.07, 6.45) is 0.753. The van der Waals surface area contributed by atoms with Gasteiger partial charge < -0.3 is 14.3 Å². The molecule has 8 heteroatoms. The van der Waals surface area contributed by atoms with Crippen molar-refractivity contribution >= 4 is 22.7 Å². The first kappa shape index (κ1) is 16.0. The summed E-state index contributed by atoms with van der Waals surface area (Å²) in [4.78, 5) is 28.5. The fraction of sp³-hybridized carbons (Fsp3) is 0.692. The molecule has 0 aromatic rings. The highest BCUT2D eigenvalue weighted by molar-refractivity contribution is 7.90. The number of hydrogen-bond acceptors (Lipinski definition) is 7. The molecule has 0 radical (unpaired) electrons. The van der Waals surface area contributed by atoms with Crippen LogP contribution in [0.1, 0.15) is 33.6 Å². The van der Waals surface area contributed by atoms with Crippen LogP contribution in [0.2, 0.25) is 0 Å². The minimum atomic E-state index is -1.54. The van der Waals surface area contributed by atoms with Crippen LogP contribution in [-0.4, -0.2) is 45.9 Å². The first-order valence-corrected chi connectivity index (χ1v) is 8.06. The van der Waals surface area contributed by atoms with E-state index in [4.69, 9.17) is 14.3 Å². The molecule has 0 amide bonds. The number of fused-ring (bicyclic) bond motifs is 1. The summed E-state index contributed by atoms with van der Waals surface area (Å²) in [5.74, 6) is -1.17. The Morgan fingerprint density at radius 1 is 1.48 bits per heavy atom. The second kappa shape index (κ2) is 6.57. The second-order valence-electron chi connectivity index (χ2n) is 4.78. The topological polar surface area (TPSA) is 82.1 Å². The molecule has 0 saturated carbocycles. The van der Waals surface area contributed by atoms with Crippen LogP contribution in [0.4, 0.5) is 0 Å². The van der Waals surface area contributed by atoms with E-state index in [1.54, 1.807) is 13.8 Å². The van der Waals surface area contributed by atoms with Crippen molar-refractivity contribution < 1.29 is 28.1 Å². The SMILES string of the molecule is CCOC(=O)C1=C(C)N(OC(C)=O)[C@H]2OCCC[C@H]2S1=O. The summed E-state index contributed by atoms with van der Waals surface area (Å²) in [5, 5.41) is 0.834. The molecule has 0 aromatic carbocycles. The third-order valence-electron chi connectivity index (χ3n) is 3.29. The van der Waals surface area contributed by atoms with Crippen molar-refractivity contribution in [1.82, 2.24) is 5.06 Å². The van der Waals surface area contributed by atoms with Crippen molar-refractivity contribution in [2.75, 3.05) is 13.2 Å². The van der Waals surface area contributed by atoms with Gasteiger partial charge in [0.15, 0.2) is 6.23 Å². The minimum Gasteiger partial charge on any atom is -0.462 e. The summed E-state index contributed by atoms with van der Waals surface area (Å²) < 4.78 is 23.2. The fourth-order valence-electron chi connectivity index (χ4n) is 2.44. The van der Waals surface area contributed by atoms with Crippen molar-refractivity contribution in [3.05, 3.63) is 10.6 Å². The number of ether oxygens (including phenoxy) is 2. The Balaban J connectivity index is 2.42. The molecule has 0 aromatic heterocycles. The Kier molecular flexibility index (Phi) is 5.00. The zero-order chi connectivity index (χ0) is 15.6. The average molecular weight is 317 g/mol. The predicted octanol–water partition coefficient (Wildman–Crippen LogP) is 0.828. The molecule has 0 N–H and O–H groups in total. The fourth-order valence-corrected chi connectivity index (χ4v) is 4.13. The van der Waals surface area contributed by atoms with Crippen LogP contribution in [-0.2, 0) is 34.7 Å². The predicted molar refractivity (Wildman–Crippen MR) is 73.8 cm³/mol. The lowest BCUT2D eigenvalue weighted by Crippen LogP contribution is -2.53. The Bertz CT molecular complexity index is 503. The summed E-state index contributed by atoms with van der Waals surface area (Å²) in [6.45, 7) is 5.20. The number of hydrogen-bond donors (Lipinski definition) is 0. The highest BCUT2D eigenvalue weighted by Gasteiger charge is 2.46. The van der Waals surface area contributed by atoms with Crippen molar-refractivity contribution in [2.45, 2.75) is 45.1 Å². The maximum atomic E-state index is 12.6. The van der Waals surface area contributed by atoms with Crippen LogP contribution >= 0.6 is 0 Å². The van der Waals surface area contributed by atoms with Gasteiger partial charge in [0.25, 0.3) is 0 Å². The first-order chi connectivity index (χ1) is 9.97. The molecule has 1 fully saturated rings. The molecule has 2 heterocycles. The van der Waals surface area contributed by atoms with Crippen molar-refractivity contribution in [2.24, 2.45) is 0 Å². The van der Waals surface area contributed by atoms with Crippen LogP contribution in [0.25, 0.3) is 0 Å². The molecule has 0 bridgehead atoms. The standard InChI is InChI=1S/C13H19NO6S/c1-4-18-13(16)11-8(2)14(20-9(3)15)12-10(21(11)17)6-5-7-19-12/h10,12H,4-7H2,1-3H3/t10-,12+,21?/m1/s1. The third kappa shape index (κ3) is 3.11. The molecule has 0 aliphatic carbocycles. The van der Waals surface area contributed by atoms with E-state index in [0.717, 1.165) is 6.42 Å². The van der Waals surface area contributed by atoms with Crippen molar-refractivity contribution in [3.8, 4) is 0 Å². The van der Waals surface area contributed by atoms with E-state index < -0.39 is 34.2 Å². The van der Waals surface area contributed by atoms with Crippen LogP contribution in [0.15, 0.2) is 10.6 Å². The molecule has 118 valence electrons. The molecule has 2 aliphatic rings. The van der Waals surface area contributed by atoms with Gasteiger partial charge in [-0.1, -0.05) is 0 Å². The van der Waals surface area contributed by atoms with Gasteiger partial charge in [-0.2, -0.15) is 5.06 Å². The smallest absolute Gasteiger partial charge is 0.349 e. The number of nitrogens with zero attached hydrogens (tertiary/aromatic N) is 1. The quantitative estimate of drug-likeness (QED) is 0.713. The molecule has 7 nitrogen and oxygen atoms in total. The van der Waals surface area contributed by atoms with Gasteiger partial charge >= 0.3 is 11.9 Å². The summed E-state index contributed by atoms with van der Waals surface area (Å²) in [6, 6.07) is 0. The highest BCUT2D eigenvalue weighted by Crippen LogP contribution is 2.35. The van der Waals surface area contributed by atoms with E-state index >= 15 is 0 Å². The van der Waals surface area contributed by atoms with Gasteiger partial charge in [0, 0.05) is 13.5 Å². The molecule has 21 heavy (non-hydrogen) atoms. The molecule has 0 spiro atoms. The van der Waals surface area contributed by atoms with E-state index in [1.807, 2.05) is 0 Å². The molecule has 2 rings (SSSR count). The molecule has 2 aliphatic heterocycles. The van der Waals surface area contributed by atoms with Crippen LogP contribution in [0.5, 0.6) is 0 Å². The maximum Gasteiger partial charge on any atom is 0.349 e. The monoisotopic (exact) mass is 317 g/mol. The van der Waals surface area contributed by atoms with Gasteiger partial charge in [0.2, 0.25) is 0 Å². The Labute approximate surface area is 125 Å². The largest absolute Gasteiger partial charge is 0.462 e. The molecule has 1 saturated heterocycles. The third-order valence-corrected chi connectivity index (χ3v) is 5.18. The van der Waals surface area contributed by atoms with Gasteiger partial charge in [-0.3, -0.25) is 9.00 Å². The summed E-state index contributed by atoms with van der Waals surface area (Å²) in [5.41, 5.74) is 0.296. The van der Waals surface area contributed by atoms with Crippen LogP contribution in [0, 0.1) is 0 Å².